The van der Waals surface area contributed by atoms with Crippen LogP contribution in [0.4, 0.5) is 18.9 Å². The van der Waals surface area contributed by atoms with Gasteiger partial charge in [0.2, 0.25) is 11.8 Å². The molecule has 0 spiro atoms. The van der Waals surface area contributed by atoms with Crippen molar-refractivity contribution in [2.24, 2.45) is 0 Å². The monoisotopic (exact) mass is 379 g/mol. The van der Waals surface area contributed by atoms with Crippen LogP contribution in [0.3, 0.4) is 0 Å². The van der Waals surface area contributed by atoms with E-state index in [0.29, 0.717) is 18.8 Å². The second-order valence-electron chi connectivity index (χ2n) is 4.01. The molecule has 1 heterocycles. The van der Waals surface area contributed by atoms with Crippen molar-refractivity contribution in [3.05, 3.63) is 18.3 Å². The van der Waals surface area contributed by atoms with Gasteiger partial charge in [-0.15, -0.1) is 24.8 Å². The molecule has 0 radical (unpaired) electrons. The van der Waals surface area contributed by atoms with Crippen molar-refractivity contribution in [3.8, 4) is 5.88 Å². The third kappa shape index (κ3) is 11.9. The van der Waals surface area contributed by atoms with E-state index in [-0.39, 0.29) is 43.1 Å². The molecular formula is C12H18Cl2F3N3O3. The smallest absolute Gasteiger partial charge is 0.422 e. The number of carbonyl (C=O) groups is 1. The van der Waals surface area contributed by atoms with Crippen molar-refractivity contribution >= 4 is 36.4 Å². The van der Waals surface area contributed by atoms with Gasteiger partial charge in [0.1, 0.15) is 0 Å². The number of anilines is 1. The van der Waals surface area contributed by atoms with Crippen LogP contribution in [-0.2, 0) is 9.53 Å². The summed E-state index contributed by atoms with van der Waals surface area (Å²) in [6, 6.07) is 2.66. The third-order valence-electron chi connectivity index (χ3n) is 2.17. The zero-order chi connectivity index (χ0) is 15.7. The number of hydrogen-bond donors (Lipinski definition) is 2. The average molecular weight is 380 g/mol. The Morgan fingerprint density at radius 3 is 2.52 bits per heavy atom. The maximum absolute atomic E-state index is 11.9. The Balaban J connectivity index is 0. The van der Waals surface area contributed by atoms with Gasteiger partial charge in [0.15, 0.2) is 6.61 Å². The second kappa shape index (κ2) is 12.2. The zero-order valence-electron chi connectivity index (χ0n) is 12.2. The quantitative estimate of drug-likeness (QED) is 0.676. The van der Waals surface area contributed by atoms with Crippen LogP contribution in [0.5, 0.6) is 5.88 Å². The summed E-state index contributed by atoms with van der Waals surface area (Å²) in [7, 11) is 1.55. The van der Waals surface area contributed by atoms with Gasteiger partial charge in [-0.2, -0.15) is 13.2 Å². The molecule has 0 saturated heterocycles. The summed E-state index contributed by atoms with van der Waals surface area (Å²) >= 11 is 0. The molecule has 0 saturated carbocycles. The first kappa shape index (κ1) is 24.0. The molecule has 0 aliphatic carbocycles. The maximum atomic E-state index is 11.9. The zero-order valence-corrected chi connectivity index (χ0v) is 13.8. The maximum Gasteiger partial charge on any atom is 0.422 e. The molecule has 0 atom stereocenters. The van der Waals surface area contributed by atoms with E-state index in [1.165, 1.54) is 18.3 Å². The van der Waals surface area contributed by atoms with Crippen LogP contribution in [0.1, 0.15) is 0 Å². The van der Waals surface area contributed by atoms with Crippen LogP contribution in [0.15, 0.2) is 18.3 Å². The van der Waals surface area contributed by atoms with Crippen molar-refractivity contribution < 1.29 is 27.4 Å². The van der Waals surface area contributed by atoms with Gasteiger partial charge < -0.3 is 20.1 Å². The van der Waals surface area contributed by atoms with Gasteiger partial charge in [-0.05, 0) is 6.07 Å². The first-order valence-electron chi connectivity index (χ1n) is 6.06. The predicted octanol–water partition coefficient (Wildman–Crippen LogP) is 2.04. The first-order valence-corrected chi connectivity index (χ1v) is 6.06. The van der Waals surface area contributed by atoms with Crippen molar-refractivity contribution in [2.45, 2.75) is 6.18 Å². The van der Waals surface area contributed by atoms with Crippen LogP contribution in [0.2, 0.25) is 0 Å². The number of carbonyl (C=O) groups excluding carboxylic acids is 1. The Hall–Kier alpha value is -1.29. The van der Waals surface area contributed by atoms with E-state index in [9.17, 15) is 18.0 Å². The number of alkyl halides is 3. The van der Waals surface area contributed by atoms with E-state index in [0.717, 1.165) is 0 Å². The van der Waals surface area contributed by atoms with Crippen LogP contribution in [-0.4, -0.2) is 50.5 Å². The van der Waals surface area contributed by atoms with E-state index >= 15 is 0 Å². The topological polar surface area (TPSA) is 72.5 Å². The minimum atomic E-state index is -4.41. The Kier molecular flexibility index (Phi) is 12.7. The normalized spacial score (nSPS) is 10.3. The Morgan fingerprint density at radius 2 is 2.00 bits per heavy atom. The fraction of sp³-hybridized carbons (Fsp3) is 0.500. The van der Waals surface area contributed by atoms with Gasteiger partial charge in [0.25, 0.3) is 0 Å². The molecule has 0 aliphatic rings. The Labute approximate surface area is 143 Å². The number of nitrogens with zero attached hydrogens (tertiary/aromatic N) is 1. The Bertz CT molecular complexity index is 447. The van der Waals surface area contributed by atoms with E-state index < -0.39 is 12.8 Å². The summed E-state index contributed by atoms with van der Waals surface area (Å²) in [6.07, 6.45) is -3.19. The second-order valence-corrected chi connectivity index (χ2v) is 4.01. The molecule has 134 valence electrons. The summed E-state index contributed by atoms with van der Waals surface area (Å²) < 4.78 is 45.1. The van der Waals surface area contributed by atoms with Crippen molar-refractivity contribution in [1.29, 1.82) is 0 Å². The Morgan fingerprint density at radius 1 is 1.30 bits per heavy atom. The lowest BCUT2D eigenvalue weighted by atomic mass is 10.4. The number of aromatic nitrogens is 1. The van der Waals surface area contributed by atoms with Gasteiger partial charge in [-0.25, -0.2) is 4.98 Å². The molecule has 2 N–H and O–H groups in total. The molecule has 23 heavy (non-hydrogen) atoms. The molecule has 1 aromatic rings. The standard InChI is InChI=1S/C12H16F3N3O3.2ClH/c1-20-5-4-16-7-10(19)18-9-2-3-11(17-6-9)21-8-12(13,14)15;;/h2-3,6,16H,4-5,7-8H2,1H3,(H,18,19);2*1H. The highest BCUT2D eigenvalue weighted by atomic mass is 35.5. The van der Waals surface area contributed by atoms with Crippen molar-refractivity contribution in [1.82, 2.24) is 10.3 Å². The summed E-state index contributed by atoms with van der Waals surface area (Å²) in [5.74, 6) is -0.458. The molecule has 0 bridgehead atoms. The molecule has 1 rings (SSSR count). The van der Waals surface area contributed by atoms with Crippen LogP contribution in [0.25, 0.3) is 0 Å². The minimum Gasteiger partial charge on any atom is -0.468 e. The van der Waals surface area contributed by atoms with Crippen LogP contribution in [0, 0.1) is 0 Å². The minimum absolute atomic E-state index is 0. The van der Waals surface area contributed by atoms with Crippen LogP contribution < -0.4 is 15.4 Å². The lowest BCUT2D eigenvalue weighted by Gasteiger charge is -2.09. The van der Waals surface area contributed by atoms with Crippen molar-refractivity contribution in [3.63, 3.8) is 0 Å². The number of hydrogen-bond acceptors (Lipinski definition) is 5. The molecule has 0 aromatic carbocycles. The lowest BCUT2D eigenvalue weighted by molar-refractivity contribution is -0.154. The number of nitrogens with one attached hydrogen (secondary N) is 2. The number of pyridine rings is 1. The first-order chi connectivity index (χ1) is 9.90. The number of rotatable bonds is 8. The molecule has 0 aliphatic heterocycles. The lowest BCUT2D eigenvalue weighted by Crippen LogP contribution is -2.30. The number of amides is 1. The molecule has 11 heteroatoms. The molecule has 6 nitrogen and oxygen atoms in total. The van der Waals surface area contributed by atoms with Crippen molar-refractivity contribution in [2.75, 3.05) is 38.7 Å². The summed E-state index contributed by atoms with van der Waals surface area (Å²) in [4.78, 5) is 15.2. The van der Waals surface area contributed by atoms with Crippen LogP contribution >= 0.6 is 24.8 Å². The van der Waals surface area contributed by atoms with Gasteiger partial charge in [-0.3, -0.25) is 4.79 Å². The number of methoxy groups -OCH3 is 1. The summed E-state index contributed by atoms with van der Waals surface area (Å²) in [6.45, 7) is -0.294. The number of ether oxygens (including phenoxy) is 2. The summed E-state index contributed by atoms with van der Waals surface area (Å²) in [5.41, 5.74) is 0.368. The molecule has 1 amide bonds. The third-order valence-corrected chi connectivity index (χ3v) is 2.17. The van der Waals surface area contributed by atoms with Gasteiger partial charge in [0, 0.05) is 19.7 Å². The molecular weight excluding hydrogens is 362 g/mol. The van der Waals surface area contributed by atoms with Gasteiger partial charge in [0.05, 0.1) is 25.0 Å². The van der Waals surface area contributed by atoms with E-state index in [2.05, 4.69) is 20.4 Å². The summed E-state index contributed by atoms with van der Waals surface area (Å²) in [5, 5.41) is 5.38. The van der Waals surface area contributed by atoms with E-state index in [4.69, 9.17) is 4.74 Å². The van der Waals surface area contributed by atoms with E-state index in [1.807, 2.05) is 0 Å². The highest BCUT2D eigenvalue weighted by molar-refractivity contribution is 5.92. The van der Waals surface area contributed by atoms with Gasteiger partial charge >= 0.3 is 6.18 Å². The van der Waals surface area contributed by atoms with E-state index in [1.54, 1.807) is 7.11 Å². The highest BCUT2D eigenvalue weighted by Crippen LogP contribution is 2.17. The predicted molar refractivity (Wildman–Crippen MR) is 83.7 cm³/mol. The highest BCUT2D eigenvalue weighted by Gasteiger charge is 2.28. The fourth-order valence-corrected chi connectivity index (χ4v) is 1.28. The fourth-order valence-electron chi connectivity index (χ4n) is 1.28. The molecule has 0 fully saturated rings. The van der Waals surface area contributed by atoms with Gasteiger partial charge in [-0.1, -0.05) is 0 Å². The molecule has 0 unspecified atom stereocenters. The average Bonchev–Trinajstić information content (AvgIpc) is 2.42. The largest absolute Gasteiger partial charge is 0.468 e. The SMILES string of the molecule is COCCNCC(=O)Nc1ccc(OCC(F)(F)F)nc1.Cl.Cl. The number of halogens is 5. The molecule has 1 aromatic heterocycles.